The first kappa shape index (κ1) is 12.4. The molecule has 0 aliphatic carbocycles. The van der Waals surface area contributed by atoms with Gasteiger partial charge >= 0.3 is 0 Å². The van der Waals surface area contributed by atoms with Gasteiger partial charge in [0.2, 0.25) is 0 Å². The quantitative estimate of drug-likeness (QED) is 0.872. The lowest BCUT2D eigenvalue weighted by Gasteiger charge is -2.26. The van der Waals surface area contributed by atoms with Crippen LogP contribution >= 0.6 is 0 Å². The summed E-state index contributed by atoms with van der Waals surface area (Å²) < 4.78 is 10.9. The van der Waals surface area contributed by atoms with Crippen molar-refractivity contribution in [3.05, 3.63) is 29.3 Å². The van der Waals surface area contributed by atoms with Gasteiger partial charge in [0.05, 0.1) is 18.3 Å². The summed E-state index contributed by atoms with van der Waals surface area (Å²) in [6, 6.07) is 5.96. The average Bonchev–Trinajstić information content (AvgIpc) is 2.76. The van der Waals surface area contributed by atoms with E-state index in [0.717, 1.165) is 17.7 Å². The van der Waals surface area contributed by atoms with Crippen LogP contribution in [-0.2, 0) is 11.2 Å². The molecule has 1 unspecified atom stereocenters. The minimum Gasteiger partial charge on any atom is -0.493 e. The lowest BCUT2D eigenvalue weighted by Crippen LogP contribution is -2.25. The number of benzene rings is 1. The molecule has 1 aliphatic heterocycles. The summed E-state index contributed by atoms with van der Waals surface area (Å²) in [6.45, 7) is 4.66. The van der Waals surface area contributed by atoms with Crippen LogP contribution in [0.1, 0.15) is 37.5 Å². The Labute approximate surface area is 102 Å². The molecule has 1 heterocycles. The van der Waals surface area contributed by atoms with Crippen molar-refractivity contribution in [2.45, 2.75) is 38.4 Å². The van der Waals surface area contributed by atoms with E-state index in [4.69, 9.17) is 9.47 Å². The minimum atomic E-state index is -0.544. The second-order valence-electron chi connectivity index (χ2n) is 5.12. The summed E-state index contributed by atoms with van der Waals surface area (Å²) in [7, 11) is 1.67. The van der Waals surface area contributed by atoms with Gasteiger partial charge in [-0.1, -0.05) is 18.2 Å². The maximum atomic E-state index is 10.3. The second-order valence-corrected chi connectivity index (χ2v) is 5.12. The standard InChI is InChI=1S/C14H20O3/c1-14(2,16-3)9-12(15)11-6-4-5-10-7-8-17-13(10)11/h4-6,12,15H,7-9H2,1-3H3. The Hall–Kier alpha value is -1.06. The van der Waals surface area contributed by atoms with E-state index in [1.807, 2.05) is 26.0 Å². The van der Waals surface area contributed by atoms with E-state index in [0.29, 0.717) is 13.0 Å². The Morgan fingerprint density at radius 3 is 2.94 bits per heavy atom. The van der Waals surface area contributed by atoms with Gasteiger partial charge in [0, 0.05) is 25.5 Å². The number of hydrogen-bond acceptors (Lipinski definition) is 3. The molecule has 1 atom stereocenters. The maximum Gasteiger partial charge on any atom is 0.128 e. The maximum absolute atomic E-state index is 10.3. The number of methoxy groups -OCH3 is 1. The Morgan fingerprint density at radius 1 is 1.47 bits per heavy atom. The van der Waals surface area contributed by atoms with Crippen LogP contribution in [-0.4, -0.2) is 24.4 Å². The first-order valence-electron chi connectivity index (χ1n) is 6.01. The molecule has 94 valence electrons. The van der Waals surface area contributed by atoms with Crippen molar-refractivity contribution >= 4 is 0 Å². The van der Waals surface area contributed by atoms with Gasteiger partial charge in [-0.2, -0.15) is 0 Å². The molecule has 0 amide bonds. The second kappa shape index (κ2) is 4.67. The minimum absolute atomic E-state index is 0.333. The third-order valence-corrected chi connectivity index (χ3v) is 3.34. The Balaban J connectivity index is 2.20. The number of ether oxygens (including phenoxy) is 2. The highest BCUT2D eigenvalue weighted by Gasteiger charge is 2.26. The first-order valence-corrected chi connectivity index (χ1v) is 6.01. The zero-order chi connectivity index (χ0) is 12.5. The van der Waals surface area contributed by atoms with Crippen molar-refractivity contribution in [2.75, 3.05) is 13.7 Å². The summed E-state index contributed by atoms with van der Waals surface area (Å²) >= 11 is 0. The fourth-order valence-corrected chi connectivity index (χ4v) is 2.16. The Kier molecular flexibility index (Phi) is 3.40. The van der Waals surface area contributed by atoms with Crippen LogP contribution in [0.5, 0.6) is 5.75 Å². The summed E-state index contributed by atoms with van der Waals surface area (Å²) in [4.78, 5) is 0. The van der Waals surface area contributed by atoms with Crippen LogP contribution in [0.15, 0.2) is 18.2 Å². The third kappa shape index (κ3) is 2.61. The van der Waals surface area contributed by atoms with Gasteiger partial charge in [-0.3, -0.25) is 0 Å². The molecular weight excluding hydrogens is 216 g/mol. The molecule has 0 spiro atoms. The van der Waals surface area contributed by atoms with Crippen LogP contribution in [0, 0.1) is 0 Å². The highest BCUT2D eigenvalue weighted by Crippen LogP contribution is 2.36. The van der Waals surface area contributed by atoms with E-state index in [-0.39, 0.29) is 5.60 Å². The van der Waals surface area contributed by atoms with Gasteiger partial charge in [-0.05, 0) is 19.4 Å². The highest BCUT2D eigenvalue weighted by atomic mass is 16.5. The molecule has 0 bridgehead atoms. The Morgan fingerprint density at radius 2 is 2.24 bits per heavy atom. The molecule has 2 rings (SSSR count). The van der Waals surface area contributed by atoms with Crippen LogP contribution in [0.4, 0.5) is 0 Å². The van der Waals surface area contributed by atoms with Crippen molar-refractivity contribution in [1.82, 2.24) is 0 Å². The molecule has 3 nitrogen and oxygen atoms in total. The summed E-state index contributed by atoms with van der Waals surface area (Å²) in [5.41, 5.74) is 1.74. The molecule has 0 radical (unpaired) electrons. The van der Waals surface area contributed by atoms with Crippen LogP contribution in [0.2, 0.25) is 0 Å². The number of para-hydroxylation sites is 1. The van der Waals surface area contributed by atoms with E-state index in [9.17, 15) is 5.11 Å². The van der Waals surface area contributed by atoms with Gasteiger partial charge in [0.15, 0.2) is 0 Å². The zero-order valence-electron chi connectivity index (χ0n) is 10.7. The van der Waals surface area contributed by atoms with Gasteiger partial charge < -0.3 is 14.6 Å². The van der Waals surface area contributed by atoms with Crippen molar-refractivity contribution in [1.29, 1.82) is 0 Å². The number of rotatable bonds is 4. The predicted molar refractivity (Wildman–Crippen MR) is 66.3 cm³/mol. The molecular formula is C14H20O3. The summed E-state index contributed by atoms with van der Waals surface area (Å²) in [6.07, 6.45) is 0.949. The molecule has 0 aromatic heterocycles. The van der Waals surface area contributed by atoms with Crippen molar-refractivity contribution in [3.8, 4) is 5.75 Å². The van der Waals surface area contributed by atoms with Gasteiger partial charge in [0.25, 0.3) is 0 Å². The van der Waals surface area contributed by atoms with Crippen LogP contribution in [0.3, 0.4) is 0 Å². The van der Waals surface area contributed by atoms with E-state index in [1.54, 1.807) is 7.11 Å². The largest absolute Gasteiger partial charge is 0.493 e. The molecule has 0 saturated heterocycles. The summed E-state index contributed by atoms with van der Waals surface area (Å²) in [5, 5.41) is 10.3. The van der Waals surface area contributed by atoms with E-state index in [2.05, 4.69) is 6.07 Å². The fourth-order valence-electron chi connectivity index (χ4n) is 2.16. The molecule has 1 aromatic rings. The monoisotopic (exact) mass is 236 g/mol. The highest BCUT2D eigenvalue weighted by molar-refractivity contribution is 5.45. The summed E-state index contributed by atoms with van der Waals surface area (Å²) in [5.74, 6) is 0.868. The number of aliphatic hydroxyl groups excluding tert-OH is 1. The van der Waals surface area contributed by atoms with E-state index in [1.165, 1.54) is 5.56 Å². The molecule has 1 aliphatic rings. The normalized spacial score (nSPS) is 16.5. The van der Waals surface area contributed by atoms with Crippen molar-refractivity contribution < 1.29 is 14.6 Å². The molecule has 3 heteroatoms. The van der Waals surface area contributed by atoms with E-state index < -0.39 is 6.10 Å². The van der Waals surface area contributed by atoms with Crippen LogP contribution < -0.4 is 4.74 Å². The molecule has 17 heavy (non-hydrogen) atoms. The fraction of sp³-hybridized carbons (Fsp3) is 0.571. The number of fused-ring (bicyclic) bond motifs is 1. The SMILES string of the molecule is COC(C)(C)CC(O)c1cccc2c1OCC2. The molecule has 1 N–H and O–H groups in total. The molecule has 0 saturated carbocycles. The lowest BCUT2D eigenvalue weighted by atomic mass is 9.94. The predicted octanol–water partition coefficient (Wildman–Crippen LogP) is 2.47. The van der Waals surface area contributed by atoms with E-state index >= 15 is 0 Å². The van der Waals surface area contributed by atoms with Crippen LogP contribution in [0.25, 0.3) is 0 Å². The lowest BCUT2D eigenvalue weighted by molar-refractivity contribution is -0.0205. The third-order valence-electron chi connectivity index (χ3n) is 3.34. The smallest absolute Gasteiger partial charge is 0.128 e. The first-order chi connectivity index (χ1) is 8.03. The van der Waals surface area contributed by atoms with Crippen molar-refractivity contribution in [3.63, 3.8) is 0 Å². The van der Waals surface area contributed by atoms with Gasteiger partial charge in [-0.25, -0.2) is 0 Å². The van der Waals surface area contributed by atoms with Crippen molar-refractivity contribution in [2.24, 2.45) is 0 Å². The zero-order valence-corrected chi connectivity index (χ0v) is 10.7. The number of hydrogen-bond donors (Lipinski definition) is 1. The van der Waals surface area contributed by atoms with Gasteiger partial charge in [0.1, 0.15) is 5.75 Å². The topological polar surface area (TPSA) is 38.7 Å². The average molecular weight is 236 g/mol. The van der Waals surface area contributed by atoms with Gasteiger partial charge in [-0.15, -0.1) is 0 Å². The Bertz CT molecular complexity index is 398. The molecule has 1 aromatic carbocycles. The number of aliphatic hydroxyl groups is 1. The molecule has 0 fully saturated rings.